The van der Waals surface area contributed by atoms with Crippen LogP contribution in [0.2, 0.25) is 5.02 Å². The first-order valence-corrected chi connectivity index (χ1v) is 10.9. The van der Waals surface area contributed by atoms with Gasteiger partial charge in [-0.05, 0) is 48.9 Å². The molecule has 0 amide bonds. The Morgan fingerprint density at radius 1 is 0.893 bits per heavy atom. The van der Waals surface area contributed by atoms with Crippen molar-refractivity contribution in [3.05, 3.63) is 108 Å². The summed E-state index contributed by atoms with van der Waals surface area (Å²) in [4.78, 5) is 12.1. The van der Waals surface area contributed by atoms with E-state index in [1.165, 1.54) is 6.92 Å². The lowest BCUT2D eigenvalue weighted by Gasteiger charge is -2.28. The Balaban J connectivity index is 2.13. The highest BCUT2D eigenvalue weighted by atomic mass is 35.5. The second kappa shape index (κ2) is 8.70. The molecule has 1 N–H and O–H groups in total. The third-order valence-corrected chi connectivity index (χ3v) is 7.48. The number of carbonyl (C=O) groups excluding carboxylic acids is 1. The molecule has 0 saturated heterocycles. The molecule has 0 aliphatic carbocycles. The zero-order valence-corrected chi connectivity index (χ0v) is 17.2. The van der Waals surface area contributed by atoms with Gasteiger partial charge in [-0.1, -0.05) is 66.7 Å². The van der Waals surface area contributed by atoms with Crippen molar-refractivity contribution >= 4 is 35.3 Å². The quantitative estimate of drug-likeness (QED) is 0.439. The molecule has 5 heteroatoms. The number of carbonyl (C=O) groups is 1. The maximum atomic E-state index is 14.3. The standard InChI is InChI=1S/C23H21ClNO2P/c1-17(18(2)26)23(19-13-15-20(24)16-14-19)25-28(27,21-9-5-3-6-10-21)22-11-7-4-8-12-22/h3-16,23H,1H2,2H3,(H,25,27). The van der Waals surface area contributed by atoms with Gasteiger partial charge in [-0.15, -0.1) is 0 Å². The predicted octanol–water partition coefficient (Wildman–Crippen LogP) is 5.05. The van der Waals surface area contributed by atoms with Gasteiger partial charge in [0.2, 0.25) is 7.29 Å². The first-order chi connectivity index (χ1) is 13.4. The molecule has 1 atom stereocenters. The maximum Gasteiger partial charge on any atom is 0.205 e. The van der Waals surface area contributed by atoms with E-state index in [9.17, 15) is 9.36 Å². The molecule has 3 aromatic rings. The Morgan fingerprint density at radius 2 is 1.36 bits per heavy atom. The number of benzene rings is 3. The topological polar surface area (TPSA) is 46.2 Å². The summed E-state index contributed by atoms with van der Waals surface area (Å²) in [7, 11) is -3.25. The van der Waals surface area contributed by atoms with Gasteiger partial charge in [-0.3, -0.25) is 9.36 Å². The second-order valence-corrected chi connectivity index (χ2v) is 9.42. The highest BCUT2D eigenvalue weighted by molar-refractivity contribution is 7.76. The van der Waals surface area contributed by atoms with E-state index in [2.05, 4.69) is 11.7 Å². The number of ketones is 1. The summed E-state index contributed by atoms with van der Waals surface area (Å²) in [5.41, 5.74) is 1.12. The Hall–Kier alpha value is -2.45. The van der Waals surface area contributed by atoms with Crippen molar-refractivity contribution in [2.45, 2.75) is 13.0 Å². The fourth-order valence-corrected chi connectivity index (χ4v) is 5.54. The van der Waals surface area contributed by atoms with Crippen LogP contribution in [-0.2, 0) is 9.36 Å². The Kier molecular flexibility index (Phi) is 6.31. The van der Waals surface area contributed by atoms with Gasteiger partial charge >= 0.3 is 0 Å². The molecule has 3 aromatic carbocycles. The normalized spacial score (nSPS) is 12.4. The SMILES string of the molecule is C=C(C(C)=O)C(NP(=O)(c1ccccc1)c1ccccc1)c1ccc(Cl)cc1. The zero-order chi connectivity index (χ0) is 20.1. The fourth-order valence-electron chi connectivity index (χ4n) is 2.97. The average molecular weight is 410 g/mol. The Morgan fingerprint density at radius 3 is 1.79 bits per heavy atom. The molecule has 0 bridgehead atoms. The van der Waals surface area contributed by atoms with Crippen LogP contribution in [0.15, 0.2) is 97.1 Å². The van der Waals surface area contributed by atoms with Crippen LogP contribution in [0.5, 0.6) is 0 Å². The average Bonchev–Trinajstić information content (AvgIpc) is 2.73. The van der Waals surface area contributed by atoms with Gasteiger partial charge in [0.1, 0.15) is 0 Å². The van der Waals surface area contributed by atoms with E-state index in [1.54, 1.807) is 12.1 Å². The highest BCUT2D eigenvalue weighted by Gasteiger charge is 2.32. The fraction of sp³-hybridized carbons (Fsp3) is 0.0870. The summed E-state index contributed by atoms with van der Waals surface area (Å²) in [6.45, 7) is 5.42. The summed E-state index contributed by atoms with van der Waals surface area (Å²) in [6.07, 6.45) is 0. The van der Waals surface area contributed by atoms with Gasteiger partial charge in [0.05, 0.1) is 6.04 Å². The van der Waals surface area contributed by atoms with Crippen LogP contribution >= 0.6 is 18.9 Å². The predicted molar refractivity (Wildman–Crippen MR) is 117 cm³/mol. The van der Waals surface area contributed by atoms with E-state index < -0.39 is 13.3 Å². The van der Waals surface area contributed by atoms with Crippen molar-refractivity contribution in [3.63, 3.8) is 0 Å². The van der Waals surface area contributed by atoms with Gasteiger partial charge in [0, 0.05) is 21.2 Å². The van der Waals surface area contributed by atoms with E-state index in [0.29, 0.717) is 21.2 Å². The van der Waals surface area contributed by atoms with Crippen LogP contribution in [0.25, 0.3) is 0 Å². The summed E-state index contributed by atoms with van der Waals surface area (Å²) in [5, 5.41) is 5.19. The molecular formula is C23H21ClNO2P. The van der Waals surface area contributed by atoms with Crippen molar-refractivity contribution in [3.8, 4) is 0 Å². The van der Waals surface area contributed by atoms with Gasteiger partial charge in [0.15, 0.2) is 5.78 Å². The van der Waals surface area contributed by atoms with Gasteiger partial charge < -0.3 is 0 Å². The molecule has 0 aliphatic rings. The summed E-state index contributed by atoms with van der Waals surface area (Å²) < 4.78 is 14.3. The molecule has 0 aromatic heterocycles. The minimum Gasteiger partial charge on any atom is -0.296 e. The van der Waals surface area contributed by atoms with Crippen LogP contribution in [-0.4, -0.2) is 5.78 Å². The Labute approximate surface area is 170 Å². The highest BCUT2D eigenvalue weighted by Crippen LogP contribution is 2.43. The third kappa shape index (κ3) is 4.34. The molecule has 3 rings (SSSR count). The zero-order valence-electron chi connectivity index (χ0n) is 15.5. The van der Waals surface area contributed by atoms with Crippen molar-refractivity contribution < 1.29 is 9.36 Å². The van der Waals surface area contributed by atoms with E-state index in [-0.39, 0.29) is 5.78 Å². The van der Waals surface area contributed by atoms with Gasteiger partial charge in [-0.25, -0.2) is 5.09 Å². The van der Waals surface area contributed by atoms with Gasteiger partial charge in [-0.2, -0.15) is 0 Å². The lowest BCUT2D eigenvalue weighted by atomic mass is 9.98. The van der Waals surface area contributed by atoms with Crippen molar-refractivity contribution in [1.29, 1.82) is 0 Å². The number of hydrogen-bond acceptors (Lipinski definition) is 2. The monoisotopic (exact) mass is 409 g/mol. The Bertz CT molecular complexity index is 974. The molecule has 0 fully saturated rings. The number of halogens is 1. The molecule has 0 radical (unpaired) electrons. The molecule has 0 aliphatic heterocycles. The molecule has 0 heterocycles. The van der Waals surface area contributed by atoms with E-state index in [1.807, 2.05) is 72.8 Å². The molecule has 28 heavy (non-hydrogen) atoms. The van der Waals surface area contributed by atoms with Crippen LogP contribution in [0.4, 0.5) is 0 Å². The molecule has 142 valence electrons. The maximum absolute atomic E-state index is 14.3. The van der Waals surface area contributed by atoms with E-state index in [4.69, 9.17) is 11.6 Å². The number of Topliss-reactive ketones (excluding diaryl/α,β-unsaturated/α-hetero) is 1. The first kappa shape index (κ1) is 20.3. The van der Waals surface area contributed by atoms with Crippen LogP contribution in [0.3, 0.4) is 0 Å². The lowest BCUT2D eigenvalue weighted by Crippen LogP contribution is -2.32. The smallest absolute Gasteiger partial charge is 0.205 e. The van der Waals surface area contributed by atoms with Crippen molar-refractivity contribution in [2.24, 2.45) is 0 Å². The summed E-state index contributed by atoms with van der Waals surface area (Å²) >= 11 is 6.02. The number of rotatable bonds is 7. The van der Waals surface area contributed by atoms with Crippen molar-refractivity contribution in [2.75, 3.05) is 0 Å². The second-order valence-electron chi connectivity index (χ2n) is 6.48. The molecule has 3 nitrogen and oxygen atoms in total. The molecule has 1 unspecified atom stereocenters. The van der Waals surface area contributed by atoms with Crippen LogP contribution in [0, 0.1) is 0 Å². The van der Waals surface area contributed by atoms with E-state index in [0.717, 1.165) is 5.56 Å². The van der Waals surface area contributed by atoms with E-state index >= 15 is 0 Å². The summed E-state index contributed by atoms with van der Waals surface area (Å²) in [5.74, 6) is -0.167. The lowest BCUT2D eigenvalue weighted by molar-refractivity contribution is -0.113. The van der Waals surface area contributed by atoms with Crippen molar-refractivity contribution in [1.82, 2.24) is 5.09 Å². The van der Waals surface area contributed by atoms with Gasteiger partial charge in [0.25, 0.3) is 0 Å². The number of hydrogen-bond donors (Lipinski definition) is 1. The summed E-state index contributed by atoms with van der Waals surface area (Å²) in [6, 6.07) is 25.0. The van der Waals surface area contributed by atoms with Crippen LogP contribution < -0.4 is 15.7 Å². The first-order valence-electron chi connectivity index (χ1n) is 8.86. The largest absolute Gasteiger partial charge is 0.296 e. The molecule has 0 spiro atoms. The minimum absolute atomic E-state index is 0.167. The molecular weight excluding hydrogens is 389 g/mol. The molecule has 0 saturated carbocycles. The van der Waals surface area contributed by atoms with Crippen LogP contribution in [0.1, 0.15) is 18.5 Å². The minimum atomic E-state index is -3.25. The number of nitrogens with one attached hydrogen (secondary N) is 1. The third-order valence-electron chi connectivity index (χ3n) is 4.55.